The fraction of sp³-hybridized carbons (Fsp3) is 0.294. The summed E-state index contributed by atoms with van der Waals surface area (Å²) in [6.07, 6.45) is 0.814. The van der Waals surface area contributed by atoms with Gasteiger partial charge < -0.3 is 5.32 Å². The van der Waals surface area contributed by atoms with Gasteiger partial charge in [0.15, 0.2) is 5.82 Å². The molecule has 1 aromatic carbocycles. The van der Waals surface area contributed by atoms with E-state index in [9.17, 15) is 4.79 Å². The van der Waals surface area contributed by atoms with Crippen molar-refractivity contribution in [2.75, 3.05) is 6.54 Å². The number of fused-ring (bicyclic) bond motifs is 1. The summed E-state index contributed by atoms with van der Waals surface area (Å²) in [5.41, 5.74) is 2.83. The molecule has 0 aliphatic carbocycles. The molecule has 124 valence electrons. The molecule has 24 heavy (non-hydrogen) atoms. The highest BCUT2D eigenvalue weighted by Crippen LogP contribution is 2.14. The van der Waals surface area contributed by atoms with Crippen LogP contribution in [0.2, 0.25) is 5.02 Å². The van der Waals surface area contributed by atoms with Crippen LogP contribution in [0.1, 0.15) is 22.8 Å². The quantitative estimate of drug-likeness (QED) is 0.771. The second-order valence-corrected chi connectivity index (χ2v) is 6.05. The average molecular weight is 344 g/mol. The van der Waals surface area contributed by atoms with Crippen LogP contribution < -0.4 is 5.32 Å². The Labute approximate surface area is 144 Å². The highest BCUT2D eigenvalue weighted by molar-refractivity contribution is 6.31. The minimum atomic E-state index is -0.118. The number of hydrogen-bond acceptors (Lipinski definition) is 4. The van der Waals surface area contributed by atoms with Gasteiger partial charge in [-0.25, -0.2) is 9.50 Å². The predicted octanol–water partition coefficient (Wildman–Crippen LogP) is 2.30. The maximum absolute atomic E-state index is 12.1. The maximum atomic E-state index is 12.1. The van der Waals surface area contributed by atoms with Crippen molar-refractivity contribution in [1.82, 2.24) is 24.9 Å². The molecule has 0 aliphatic rings. The summed E-state index contributed by atoms with van der Waals surface area (Å²) in [7, 11) is 0. The molecule has 7 heteroatoms. The molecule has 1 N–H and O–H groups in total. The number of benzene rings is 1. The van der Waals surface area contributed by atoms with Crippen LogP contribution >= 0.6 is 11.6 Å². The van der Waals surface area contributed by atoms with Gasteiger partial charge >= 0.3 is 0 Å². The van der Waals surface area contributed by atoms with E-state index in [0.29, 0.717) is 29.6 Å². The zero-order chi connectivity index (χ0) is 17.1. The normalized spacial score (nSPS) is 11.0. The van der Waals surface area contributed by atoms with E-state index in [1.54, 1.807) is 4.52 Å². The lowest BCUT2D eigenvalue weighted by Gasteiger charge is -2.05. The van der Waals surface area contributed by atoms with Crippen LogP contribution in [0.15, 0.2) is 30.3 Å². The van der Waals surface area contributed by atoms with Crippen molar-refractivity contribution in [2.24, 2.45) is 0 Å². The molecule has 0 fully saturated rings. The van der Waals surface area contributed by atoms with Crippen molar-refractivity contribution in [3.8, 4) is 0 Å². The summed E-state index contributed by atoms with van der Waals surface area (Å²) >= 11 is 6.10. The van der Waals surface area contributed by atoms with E-state index in [1.807, 2.05) is 44.2 Å². The van der Waals surface area contributed by atoms with Crippen LogP contribution in [0, 0.1) is 13.8 Å². The van der Waals surface area contributed by atoms with E-state index in [-0.39, 0.29) is 12.3 Å². The Morgan fingerprint density at radius 3 is 2.83 bits per heavy atom. The number of aryl methyl sites for hydroxylation is 2. The van der Waals surface area contributed by atoms with Gasteiger partial charge in [-0.2, -0.15) is 4.98 Å². The van der Waals surface area contributed by atoms with Crippen molar-refractivity contribution in [2.45, 2.75) is 26.7 Å². The molecule has 0 saturated heterocycles. The second-order valence-electron chi connectivity index (χ2n) is 5.65. The molecule has 0 atom stereocenters. The topological polar surface area (TPSA) is 72.2 Å². The Morgan fingerprint density at radius 1 is 1.25 bits per heavy atom. The first kappa shape index (κ1) is 16.4. The Morgan fingerprint density at radius 2 is 2.04 bits per heavy atom. The maximum Gasteiger partial charge on any atom is 0.252 e. The lowest BCUT2D eigenvalue weighted by Crippen LogP contribution is -2.27. The van der Waals surface area contributed by atoms with Gasteiger partial charge in [0.05, 0.1) is 6.42 Å². The highest BCUT2D eigenvalue weighted by Gasteiger charge is 2.11. The Balaban J connectivity index is 1.59. The molecular weight excluding hydrogens is 326 g/mol. The minimum absolute atomic E-state index is 0.118. The molecule has 3 aromatic rings. The molecule has 0 aliphatic heterocycles. The summed E-state index contributed by atoms with van der Waals surface area (Å²) in [5.74, 6) is 0.866. The Hall–Kier alpha value is -2.47. The summed E-state index contributed by atoms with van der Waals surface area (Å²) in [5, 5.41) is 7.92. The molecule has 6 nitrogen and oxygen atoms in total. The standard InChI is InChI=1S/C17H18ClN5O/c1-11-9-12(2)23-17(20-11)21-15(22-23)10-16(24)19-8-7-13-5-3-4-6-14(13)18/h3-6,9H,7-8,10H2,1-2H3,(H,19,24). The van der Waals surface area contributed by atoms with Crippen LogP contribution in [0.5, 0.6) is 0 Å². The Bertz CT molecular complexity index is 890. The fourth-order valence-corrected chi connectivity index (χ4v) is 2.76. The molecule has 0 radical (unpaired) electrons. The number of nitrogens with one attached hydrogen (secondary N) is 1. The number of amides is 1. The molecule has 0 saturated carbocycles. The molecule has 0 spiro atoms. The van der Waals surface area contributed by atoms with Gasteiger partial charge in [0.2, 0.25) is 5.91 Å². The average Bonchev–Trinajstić information content (AvgIpc) is 2.91. The van der Waals surface area contributed by atoms with Crippen molar-refractivity contribution in [3.05, 3.63) is 58.1 Å². The van der Waals surface area contributed by atoms with Crippen molar-refractivity contribution in [1.29, 1.82) is 0 Å². The summed E-state index contributed by atoms with van der Waals surface area (Å²) < 4.78 is 1.65. The monoisotopic (exact) mass is 343 g/mol. The van der Waals surface area contributed by atoms with E-state index in [2.05, 4.69) is 20.4 Å². The zero-order valence-corrected chi connectivity index (χ0v) is 14.3. The van der Waals surface area contributed by atoms with Gasteiger partial charge in [0.25, 0.3) is 5.78 Å². The van der Waals surface area contributed by atoms with E-state index < -0.39 is 0 Å². The number of hydrogen-bond donors (Lipinski definition) is 1. The lowest BCUT2D eigenvalue weighted by molar-refractivity contribution is -0.120. The number of halogens is 1. The van der Waals surface area contributed by atoms with Gasteiger partial charge in [0, 0.05) is 23.0 Å². The van der Waals surface area contributed by atoms with E-state index in [1.165, 1.54) is 0 Å². The van der Waals surface area contributed by atoms with Crippen molar-refractivity contribution in [3.63, 3.8) is 0 Å². The van der Waals surface area contributed by atoms with Crippen LogP contribution in [0.4, 0.5) is 0 Å². The summed E-state index contributed by atoms with van der Waals surface area (Å²) in [4.78, 5) is 20.7. The lowest BCUT2D eigenvalue weighted by atomic mass is 10.1. The SMILES string of the molecule is Cc1cc(C)n2nc(CC(=O)NCCc3ccccc3Cl)nc2n1. The number of rotatable bonds is 5. The first-order chi connectivity index (χ1) is 11.5. The van der Waals surface area contributed by atoms with E-state index in [4.69, 9.17) is 11.6 Å². The summed E-state index contributed by atoms with van der Waals surface area (Å²) in [6, 6.07) is 9.54. The van der Waals surface area contributed by atoms with Crippen LogP contribution in [-0.2, 0) is 17.6 Å². The molecule has 2 heterocycles. The van der Waals surface area contributed by atoms with Gasteiger partial charge in [-0.1, -0.05) is 29.8 Å². The molecule has 0 bridgehead atoms. The minimum Gasteiger partial charge on any atom is -0.355 e. The highest BCUT2D eigenvalue weighted by atomic mass is 35.5. The summed E-state index contributed by atoms with van der Waals surface area (Å²) in [6.45, 7) is 4.36. The molecule has 0 unspecified atom stereocenters. The van der Waals surface area contributed by atoms with E-state index in [0.717, 1.165) is 17.0 Å². The van der Waals surface area contributed by atoms with Gasteiger partial charge in [-0.15, -0.1) is 5.10 Å². The second kappa shape index (κ2) is 6.97. The number of carbonyl (C=O) groups excluding carboxylic acids is 1. The van der Waals surface area contributed by atoms with Gasteiger partial charge in [-0.3, -0.25) is 4.79 Å². The smallest absolute Gasteiger partial charge is 0.252 e. The largest absolute Gasteiger partial charge is 0.355 e. The first-order valence-electron chi connectivity index (χ1n) is 7.73. The number of carbonyl (C=O) groups is 1. The predicted molar refractivity (Wildman–Crippen MR) is 92.1 cm³/mol. The fourth-order valence-electron chi connectivity index (χ4n) is 2.53. The Kier molecular flexibility index (Phi) is 4.76. The van der Waals surface area contributed by atoms with Crippen LogP contribution in [0.3, 0.4) is 0 Å². The van der Waals surface area contributed by atoms with Crippen LogP contribution in [-0.4, -0.2) is 32.0 Å². The van der Waals surface area contributed by atoms with Crippen molar-refractivity contribution >= 4 is 23.3 Å². The molecule has 2 aromatic heterocycles. The molecule has 1 amide bonds. The van der Waals surface area contributed by atoms with Gasteiger partial charge in [0.1, 0.15) is 0 Å². The first-order valence-corrected chi connectivity index (χ1v) is 8.11. The van der Waals surface area contributed by atoms with E-state index >= 15 is 0 Å². The number of nitrogens with zero attached hydrogens (tertiary/aromatic N) is 4. The molecule has 3 rings (SSSR count). The third-order valence-corrected chi connectivity index (χ3v) is 4.02. The third-order valence-electron chi connectivity index (χ3n) is 3.66. The van der Waals surface area contributed by atoms with Crippen LogP contribution in [0.25, 0.3) is 5.78 Å². The number of aromatic nitrogens is 4. The van der Waals surface area contributed by atoms with Gasteiger partial charge in [-0.05, 0) is 38.0 Å². The van der Waals surface area contributed by atoms with Crippen molar-refractivity contribution < 1.29 is 4.79 Å². The zero-order valence-electron chi connectivity index (χ0n) is 13.6. The molecular formula is C17H18ClN5O. The third kappa shape index (κ3) is 3.71.